The Morgan fingerprint density at radius 3 is 2.04 bits per heavy atom. The van der Waals surface area contributed by atoms with Crippen LogP contribution in [0, 0.1) is 5.82 Å². The molecule has 0 amide bonds. The normalized spacial score (nSPS) is 10.3. The maximum absolute atomic E-state index is 13.9. The second kappa shape index (κ2) is 8.84. The van der Waals surface area contributed by atoms with Crippen LogP contribution < -0.4 is 18.9 Å². The summed E-state index contributed by atoms with van der Waals surface area (Å²) < 4.78 is 35.3. The number of benzene rings is 2. The first-order valence-corrected chi connectivity index (χ1v) is 8.22. The molecule has 2 aromatic carbocycles. The Hall–Kier alpha value is -3.35. The van der Waals surface area contributed by atoms with Gasteiger partial charge in [-0.25, -0.2) is 4.98 Å². The molecule has 7 heteroatoms. The lowest BCUT2D eigenvalue weighted by molar-refractivity contribution is 0.247. The molecule has 6 nitrogen and oxygen atoms in total. The number of ether oxygens (including phenoxy) is 4. The quantitative estimate of drug-likeness (QED) is 0.601. The maximum Gasteiger partial charge on any atom is 0.320 e. The molecule has 0 fully saturated rings. The highest BCUT2D eigenvalue weighted by molar-refractivity contribution is 5.29. The number of aromatic nitrogens is 2. The Bertz CT molecular complexity index is 905. The molecule has 0 aliphatic rings. The molecule has 0 N–H and O–H groups in total. The fourth-order valence-corrected chi connectivity index (χ4v) is 2.33. The second-order valence-electron chi connectivity index (χ2n) is 5.59. The molecule has 0 bridgehead atoms. The van der Waals surface area contributed by atoms with Crippen LogP contribution in [0.15, 0.2) is 54.7 Å². The maximum atomic E-state index is 13.9. The largest absolute Gasteiger partial charge is 0.497 e. The highest BCUT2D eigenvalue weighted by Crippen LogP contribution is 2.20. The van der Waals surface area contributed by atoms with E-state index in [1.165, 1.54) is 0 Å². The van der Waals surface area contributed by atoms with Gasteiger partial charge in [-0.1, -0.05) is 24.3 Å². The summed E-state index contributed by atoms with van der Waals surface area (Å²) in [6.07, 6.45) is 1.02. The molecule has 0 aliphatic heterocycles. The van der Waals surface area contributed by atoms with E-state index in [4.69, 9.17) is 18.9 Å². The molecule has 3 aromatic rings. The van der Waals surface area contributed by atoms with Gasteiger partial charge in [0, 0.05) is 0 Å². The third-order valence-corrected chi connectivity index (χ3v) is 3.70. The molecular formula is C20H19FN2O4. The van der Waals surface area contributed by atoms with Gasteiger partial charge in [0.15, 0.2) is 0 Å². The molecule has 1 aromatic heterocycles. The van der Waals surface area contributed by atoms with Gasteiger partial charge in [-0.05, 0) is 35.4 Å². The van der Waals surface area contributed by atoms with E-state index in [1.807, 2.05) is 42.5 Å². The van der Waals surface area contributed by atoms with E-state index in [0.717, 1.165) is 23.1 Å². The minimum Gasteiger partial charge on any atom is -0.497 e. The Morgan fingerprint density at radius 1 is 0.852 bits per heavy atom. The van der Waals surface area contributed by atoms with E-state index >= 15 is 0 Å². The number of methoxy groups -OCH3 is 2. The summed E-state index contributed by atoms with van der Waals surface area (Å²) in [5, 5.41) is 0. The first-order valence-electron chi connectivity index (χ1n) is 8.22. The summed E-state index contributed by atoms with van der Waals surface area (Å²) in [4.78, 5) is 7.83. The van der Waals surface area contributed by atoms with Crippen LogP contribution in [0.2, 0.25) is 0 Å². The van der Waals surface area contributed by atoms with E-state index in [0.29, 0.717) is 5.75 Å². The smallest absolute Gasteiger partial charge is 0.320 e. The van der Waals surface area contributed by atoms with Crippen molar-refractivity contribution in [3.63, 3.8) is 0 Å². The molecule has 140 valence electrons. The van der Waals surface area contributed by atoms with Crippen LogP contribution in [0.5, 0.6) is 23.4 Å². The van der Waals surface area contributed by atoms with Crippen molar-refractivity contribution in [2.45, 2.75) is 13.2 Å². The lowest BCUT2D eigenvalue weighted by atomic mass is 10.2. The number of hydrogen-bond donors (Lipinski definition) is 0. The van der Waals surface area contributed by atoms with Crippen molar-refractivity contribution in [3.8, 4) is 23.4 Å². The number of halogens is 1. The Morgan fingerprint density at radius 2 is 1.44 bits per heavy atom. The van der Waals surface area contributed by atoms with Crippen LogP contribution in [-0.2, 0) is 13.2 Å². The molecular weight excluding hydrogens is 351 g/mol. The van der Waals surface area contributed by atoms with Crippen molar-refractivity contribution in [3.05, 3.63) is 71.7 Å². The molecule has 0 saturated carbocycles. The standard InChI is InChI=1S/C20H19FN2O4/c1-24-16-7-3-5-14(9-16)12-26-19-18(21)11-22-20(23-19)27-13-15-6-4-8-17(10-15)25-2/h3-11H,12-13H2,1-2H3. The molecule has 0 unspecified atom stereocenters. The van der Waals surface area contributed by atoms with Crippen molar-refractivity contribution in [2.75, 3.05) is 14.2 Å². The average Bonchev–Trinajstić information content (AvgIpc) is 2.72. The van der Waals surface area contributed by atoms with Gasteiger partial charge in [0.25, 0.3) is 5.88 Å². The highest BCUT2D eigenvalue weighted by Gasteiger charge is 2.10. The summed E-state index contributed by atoms with van der Waals surface area (Å²) in [5.74, 6) is 0.583. The second-order valence-corrected chi connectivity index (χ2v) is 5.59. The molecule has 0 spiro atoms. The van der Waals surface area contributed by atoms with Gasteiger partial charge < -0.3 is 18.9 Å². The van der Waals surface area contributed by atoms with Crippen LogP contribution in [0.4, 0.5) is 4.39 Å². The zero-order valence-corrected chi connectivity index (χ0v) is 15.0. The predicted octanol–water partition coefficient (Wildman–Crippen LogP) is 3.79. The van der Waals surface area contributed by atoms with Crippen LogP contribution in [-0.4, -0.2) is 24.2 Å². The molecule has 0 radical (unpaired) electrons. The van der Waals surface area contributed by atoms with E-state index in [-0.39, 0.29) is 25.1 Å². The Labute approximate surface area is 156 Å². The number of rotatable bonds is 8. The molecule has 0 atom stereocenters. The van der Waals surface area contributed by atoms with Crippen molar-refractivity contribution in [1.82, 2.24) is 9.97 Å². The summed E-state index contributed by atoms with van der Waals surface area (Å²) in [6.45, 7) is 0.360. The van der Waals surface area contributed by atoms with Gasteiger partial charge in [-0.2, -0.15) is 9.37 Å². The average molecular weight is 370 g/mol. The van der Waals surface area contributed by atoms with Gasteiger partial charge in [-0.3, -0.25) is 0 Å². The van der Waals surface area contributed by atoms with Crippen LogP contribution in [0.1, 0.15) is 11.1 Å². The van der Waals surface area contributed by atoms with E-state index in [1.54, 1.807) is 20.3 Å². The fourth-order valence-electron chi connectivity index (χ4n) is 2.33. The molecule has 0 saturated heterocycles. The van der Waals surface area contributed by atoms with Crippen LogP contribution >= 0.6 is 0 Å². The lowest BCUT2D eigenvalue weighted by Crippen LogP contribution is -2.04. The zero-order chi connectivity index (χ0) is 19.1. The van der Waals surface area contributed by atoms with E-state index in [9.17, 15) is 4.39 Å². The Balaban J connectivity index is 1.64. The van der Waals surface area contributed by atoms with Crippen molar-refractivity contribution >= 4 is 0 Å². The third kappa shape index (κ3) is 5.07. The van der Waals surface area contributed by atoms with Gasteiger partial charge in [0.2, 0.25) is 5.82 Å². The molecule has 1 heterocycles. The van der Waals surface area contributed by atoms with Crippen molar-refractivity contribution in [1.29, 1.82) is 0 Å². The highest BCUT2D eigenvalue weighted by atomic mass is 19.1. The number of nitrogens with zero attached hydrogens (tertiary/aromatic N) is 2. The first kappa shape index (κ1) is 18.4. The van der Waals surface area contributed by atoms with Crippen molar-refractivity contribution in [2.24, 2.45) is 0 Å². The lowest BCUT2D eigenvalue weighted by Gasteiger charge is -2.10. The summed E-state index contributed by atoms with van der Waals surface area (Å²) in [5.41, 5.74) is 1.70. The minimum atomic E-state index is -0.661. The predicted molar refractivity (Wildman–Crippen MR) is 96.6 cm³/mol. The van der Waals surface area contributed by atoms with Gasteiger partial charge in [-0.15, -0.1) is 0 Å². The minimum absolute atomic E-state index is 0.0277. The van der Waals surface area contributed by atoms with E-state index < -0.39 is 5.82 Å². The van der Waals surface area contributed by atoms with E-state index in [2.05, 4.69) is 9.97 Å². The first-order chi connectivity index (χ1) is 13.2. The summed E-state index contributed by atoms with van der Waals surface area (Å²) in [6, 6.07) is 14.7. The summed E-state index contributed by atoms with van der Waals surface area (Å²) >= 11 is 0. The van der Waals surface area contributed by atoms with Crippen LogP contribution in [0.25, 0.3) is 0 Å². The monoisotopic (exact) mass is 370 g/mol. The third-order valence-electron chi connectivity index (χ3n) is 3.70. The topological polar surface area (TPSA) is 62.7 Å². The van der Waals surface area contributed by atoms with Crippen molar-refractivity contribution < 1.29 is 23.3 Å². The van der Waals surface area contributed by atoms with Crippen LogP contribution in [0.3, 0.4) is 0 Å². The molecule has 3 rings (SSSR count). The van der Waals surface area contributed by atoms with Gasteiger partial charge in [0.05, 0.1) is 20.4 Å². The van der Waals surface area contributed by atoms with Gasteiger partial charge in [0.1, 0.15) is 24.7 Å². The zero-order valence-electron chi connectivity index (χ0n) is 15.0. The SMILES string of the molecule is COc1cccc(COc2ncc(F)c(OCc3cccc(OC)c3)n2)c1. The molecule has 0 aliphatic carbocycles. The Kier molecular flexibility index (Phi) is 6.04. The molecule has 27 heavy (non-hydrogen) atoms. The number of hydrogen-bond acceptors (Lipinski definition) is 6. The van der Waals surface area contributed by atoms with Gasteiger partial charge >= 0.3 is 6.01 Å². The summed E-state index contributed by atoms with van der Waals surface area (Å²) in [7, 11) is 3.17. The fraction of sp³-hybridized carbons (Fsp3) is 0.200.